The number of ketones is 1. The van der Waals surface area contributed by atoms with Crippen molar-refractivity contribution < 1.29 is 28.8 Å². The summed E-state index contributed by atoms with van der Waals surface area (Å²) in [7, 11) is 1.19. The number of nitrogens with zero attached hydrogens (tertiary/aromatic N) is 2. The first-order chi connectivity index (χ1) is 17.7. The lowest BCUT2D eigenvalue weighted by molar-refractivity contribution is -0.384. The summed E-state index contributed by atoms with van der Waals surface area (Å²) in [6.45, 7) is 3.31. The minimum absolute atomic E-state index is 0.0182. The number of methoxy groups -OCH3 is 1. The number of non-ortho nitro benzene ring substituents is 1. The number of carbonyl (C=O) groups is 3. The van der Waals surface area contributed by atoms with Crippen LogP contribution in [0.15, 0.2) is 60.7 Å². The van der Waals surface area contributed by atoms with Gasteiger partial charge in [-0.15, -0.1) is 0 Å². The third-order valence-corrected chi connectivity index (χ3v) is 6.01. The second-order valence-electron chi connectivity index (χ2n) is 8.09. The van der Waals surface area contributed by atoms with Crippen molar-refractivity contribution in [3.8, 4) is 11.1 Å². The number of nitro groups is 1. The van der Waals surface area contributed by atoms with Gasteiger partial charge in [-0.2, -0.15) is 0 Å². The molecule has 2 heterocycles. The van der Waals surface area contributed by atoms with E-state index in [-0.39, 0.29) is 51.7 Å². The number of fused-ring (bicyclic) bond motifs is 1. The molecule has 37 heavy (non-hydrogen) atoms. The second-order valence-corrected chi connectivity index (χ2v) is 8.09. The number of esters is 2. The lowest BCUT2D eigenvalue weighted by Crippen LogP contribution is -2.17. The summed E-state index contributed by atoms with van der Waals surface area (Å²) < 4.78 is 11.8. The van der Waals surface area contributed by atoms with Crippen LogP contribution in [-0.4, -0.2) is 40.8 Å². The van der Waals surface area contributed by atoms with Gasteiger partial charge in [0.25, 0.3) is 5.69 Å². The fraction of sp³-hybridized carbons (Fsp3) is 0.148. The van der Waals surface area contributed by atoms with Gasteiger partial charge in [0.2, 0.25) is 0 Å². The van der Waals surface area contributed by atoms with Crippen molar-refractivity contribution in [1.29, 1.82) is 0 Å². The number of ether oxygens (including phenoxy) is 2. The predicted octanol–water partition coefficient (Wildman–Crippen LogP) is 4.60. The normalized spacial score (nSPS) is 10.8. The number of aryl methyl sites for hydroxylation is 1. The number of nitrogens with two attached hydrogens (primary N) is 1. The average molecular weight is 501 g/mol. The van der Waals surface area contributed by atoms with Crippen LogP contribution in [0.25, 0.3) is 16.6 Å². The smallest absolute Gasteiger partial charge is 0.340 e. The first-order valence-corrected chi connectivity index (χ1v) is 11.3. The Morgan fingerprint density at radius 3 is 2.22 bits per heavy atom. The SMILES string of the molecule is CCOC(=O)c1c(-c2ccc([N+](=O)[O-])cc2)c(C(=O)OC)c2cc(C(=O)c3ccccc3)c(N)n2c1C. The largest absolute Gasteiger partial charge is 0.465 e. The van der Waals surface area contributed by atoms with E-state index in [4.69, 9.17) is 15.2 Å². The van der Waals surface area contributed by atoms with Gasteiger partial charge in [0.05, 0.1) is 40.8 Å². The Morgan fingerprint density at radius 1 is 1.00 bits per heavy atom. The quantitative estimate of drug-likeness (QED) is 0.167. The molecule has 0 unspecified atom stereocenters. The van der Waals surface area contributed by atoms with Crippen molar-refractivity contribution in [2.24, 2.45) is 0 Å². The lowest BCUT2D eigenvalue weighted by Gasteiger charge is -2.19. The highest BCUT2D eigenvalue weighted by atomic mass is 16.6. The van der Waals surface area contributed by atoms with Gasteiger partial charge in [0, 0.05) is 29.0 Å². The van der Waals surface area contributed by atoms with Crippen LogP contribution in [0.4, 0.5) is 11.5 Å². The lowest BCUT2D eigenvalue weighted by atomic mass is 9.92. The molecule has 10 nitrogen and oxygen atoms in total. The number of nitrogen functional groups attached to an aromatic ring is 1. The van der Waals surface area contributed by atoms with Gasteiger partial charge in [-0.3, -0.25) is 19.3 Å². The number of rotatable bonds is 7. The van der Waals surface area contributed by atoms with Crippen molar-refractivity contribution in [2.45, 2.75) is 13.8 Å². The van der Waals surface area contributed by atoms with E-state index in [0.29, 0.717) is 16.8 Å². The molecule has 0 radical (unpaired) electrons. The summed E-state index contributed by atoms with van der Waals surface area (Å²) in [4.78, 5) is 50.3. The van der Waals surface area contributed by atoms with E-state index in [2.05, 4.69) is 0 Å². The van der Waals surface area contributed by atoms with Gasteiger partial charge in [-0.05, 0) is 37.6 Å². The molecule has 188 valence electrons. The molecule has 10 heteroatoms. The molecule has 4 rings (SSSR count). The van der Waals surface area contributed by atoms with Crippen molar-refractivity contribution in [3.05, 3.63) is 98.7 Å². The van der Waals surface area contributed by atoms with Crippen molar-refractivity contribution in [1.82, 2.24) is 4.40 Å². The third-order valence-electron chi connectivity index (χ3n) is 6.01. The standard InChI is InChI=1S/C27H23N3O7/c1-4-37-27(33)21-15(2)29-20(14-19(25(29)28)24(31)17-8-6-5-7-9-17)23(26(32)36-3)22(21)16-10-12-18(13-11-16)30(34)35/h5-14H,4,28H2,1-3H3. The molecule has 2 N–H and O–H groups in total. The van der Waals surface area contributed by atoms with Crippen LogP contribution >= 0.6 is 0 Å². The predicted molar refractivity (Wildman–Crippen MR) is 136 cm³/mol. The maximum absolute atomic E-state index is 13.3. The summed E-state index contributed by atoms with van der Waals surface area (Å²) in [5.41, 5.74) is 7.83. The van der Waals surface area contributed by atoms with Crippen LogP contribution in [0, 0.1) is 17.0 Å². The molecule has 0 spiro atoms. The molecule has 0 aliphatic carbocycles. The van der Waals surface area contributed by atoms with Crippen LogP contribution in [0.3, 0.4) is 0 Å². The number of aromatic nitrogens is 1. The van der Waals surface area contributed by atoms with E-state index in [0.717, 1.165) is 0 Å². The van der Waals surface area contributed by atoms with Gasteiger partial charge in [-0.1, -0.05) is 30.3 Å². The van der Waals surface area contributed by atoms with Crippen LogP contribution < -0.4 is 5.73 Å². The van der Waals surface area contributed by atoms with Crippen LogP contribution in [0.1, 0.15) is 49.3 Å². The molecule has 0 fully saturated rings. The van der Waals surface area contributed by atoms with Gasteiger partial charge in [0.1, 0.15) is 5.82 Å². The fourth-order valence-electron chi connectivity index (χ4n) is 4.34. The number of nitro benzene ring substituents is 1. The number of hydrogen-bond acceptors (Lipinski definition) is 8. The topological polar surface area (TPSA) is 143 Å². The first kappa shape index (κ1) is 25.1. The highest BCUT2D eigenvalue weighted by molar-refractivity contribution is 6.16. The van der Waals surface area contributed by atoms with Crippen LogP contribution in [-0.2, 0) is 9.47 Å². The highest BCUT2D eigenvalue weighted by Crippen LogP contribution is 2.38. The summed E-state index contributed by atoms with van der Waals surface area (Å²) in [5, 5.41) is 11.2. The zero-order valence-electron chi connectivity index (χ0n) is 20.3. The van der Waals surface area contributed by atoms with E-state index >= 15 is 0 Å². The monoisotopic (exact) mass is 501 g/mol. The molecule has 2 aromatic carbocycles. The number of anilines is 1. The molecular formula is C27H23N3O7. The minimum atomic E-state index is -0.792. The zero-order valence-corrected chi connectivity index (χ0v) is 20.3. The van der Waals surface area contributed by atoms with E-state index < -0.39 is 16.9 Å². The summed E-state index contributed by atoms with van der Waals surface area (Å²) in [6.07, 6.45) is 0. The molecule has 0 aliphatic heterocycles. The Morgan fingerprint density at radius 2 is 1.65 bits per heavy atom. The highest BCUT2D eigenvalue weighted by Gasteiger charge is 2.31. The maximum atomic E-state index is 13.3. The molecule has 4 aromatic rings. The molecule has 0 aliphatic rings. The fourth-order valence-corrected chi connectivity index (χ4v) is 4.34. The van der Waals surface area contributed by atoms with E-state index in [1.54, 1.807) is 44.2 Å². The number of benzene rings is 2. The molecule has 2 aromatic heterocycles. The third kappa shape index (κ3) is 4.29. The maximum Gasteiger partial charge on any atom is 0.340 e. The molecule has 0 bridgehead atoms. The molecule has 0 saturated heterocycles. The number of carbonyl (C=O) groups excluding carboxylic acids is 3. The number of pyridine rings is 1. The molecule has 0 amide bonds. The zero-order chi connectivity index (χ0) is 26.9. The van der Waals surface area contributed by atoms with Gasteiger partial charge in [0.15, 0.2) is 5.78 Å². The minimum Gasteiger partial charge on any atom is -0.465 e. The summed E-state index contributed by atoms with van der Waals surface area (Å²) in [6, 6.07) is 15.4. The first-order valence-electron chi connectivity index (χ1n) is 11.3. The Labute approximate surface area is 211 Å². The van der Waals surface area contributed by atoms with Gasteiger partial charge < -0.3 is 15.2 Å². The molecule has 0 saturated carbocycles. The Hall–Kier alpha value is -4.99. The number of hydrogen-bond donors (Lipinski definition) is 1. The molecule has 0 atom stereocenters. The van der Waals surface area contributed by atoms with Crippen LogP contribution in [0.2, 0.25) is 0 Å². The Bertz CT molecular complexity index is 1560. The Balaban J connectivity index is 2.13. The van der Waals surface area contributed by atoms with E-state index in [1.165, 1.54) is 41.8 Å². The molecular weight excluding hydrogens is 478 g/mol. The average Bonchev–Trinajstić information content (AvgIpc) is 3.25. The van der Waals surface area contributed by atoms with Gasteiger partial charge in [-0.25, -0.2) is 9.59 Å². The van der Waals surface area contributed by atoms with E-state index in [9.17, 15) is 24.5 Å². The van der Waals surface area contributed by atoms with Crippen LogP contribution in [0.5, 0.6) is 0 Å². The van der Waals surface area contributed by atoms with E-state index in [1.807, 2.05) is 0 Å². The van der Waals surface area contributed by atoms with Crippen molar-refractivity contribution in [2.75, 3.05) is 19.5 Å². The summed E-state index contributed by atoms with van der Waals surface area (Å²) >= 11 is 0. The van der Waals surface area contributed by atoms with Crippen molar-refractivity contribution in [3.63, 3.8) is 0 Å². The second kappa shape index (κ2) is 9.94. The summed E-state index contributed by atoms with van der Waals surface area (Å²) in [5.74, 6) is -1.86. The Kier molecular flexibility index (Phi) is 6.75. The van der Waals surface area contributed by atoms with Crippen molar-refractivity contribution >= 4 is 34.7 Å². The van der Waals surface area contributed by atoms with Gasteiger partial charge >= 0.3 is 11.9 Å².